The predicted molar refractivity (Wildman–Crippen MR) is 84.2 cm³/mol. The van der Waals surface area contributed by atoms with Gasteiger partial charge in [-0.05, 0) is 52.3 Å². The summed E-state index contributed by atoms with van der Waals surface area (Å²) in [4.78, 5) is 0. The van der Waals surface area contributed by atoms with Gasteiger partial charge in [0.25, 0.3) is 0 Å². The highest BCUT2D eigenvalue weighted by molar-refractivity contribution is 9.10. The molecule has 0 radical (unpaired) electrons. The van der Waals surface area contributed by atoms with Crippen molar-refractivity contribution >= 4 is 15.9 Å². The summed E-state index contributed by atoms with van der Waals surface area (Å²) in [5.41, 5.74) is 2.41. The summed E-state index contributed by atoms with van der Waals surface area (Å²) in [6, 6.07) is 14.1. The first-order valence-electron chi connectivity index (χ1n) is 6.41. The summed E-state index contributed by atoms with van der Waals surface area (Å²) in [5, 5.41) is 3.13. The van der Waals surface area contributed by atoms with E-state index in [4.69, 9.17) is 9.47 Å². The molecule has 1 N–H and O–H groups in total. The van der Waals surface area contributed by atoms with Crippen molar-refractivity contribution in [3.63, 3.8) is 0 Å². The fourth-order valence-corrected chi connectivity index (χ4v) is 2.32. The molecule has 0 saturated heterocycles. The minimum Gasteiger partial charge on any atom is -0.497 e. The van der Waals surface area contributed by atoms with Crippen molar-refractivity contribution in [2.24, 2.45) is 0 Å². The van der Waals surface area contributed by atoms with E-state index in [1.54, 1.807) is 7.11 Å². The van der Waals surface area contributed by atoms with Gasteiger partial charge in [0.05, 0.1) is 11.6 Å². The minimum absolute atomic E-state index is 0.546. The average Bonchev–Trinajstić information content (AvgIpc) is 2.48. The van der Waals surface area contributed by atoms with E-state index in [-0.39, 0.29) is 0 Å². The first kappa shape index (κ1) is 14.9. The van der Waals surface area contributed by atoms with Gasteiger partial charge in [0.1, 0.15) is 18.1 Å². The number of ether oxygens (including phenoxy) is 2. The van der Waals surface area contributed by atoms with Crippen LogP contribution in [0.1, 0.15) is 11.1 Å². The van der Waals surface area contributed by atoms with Gasteiger partial charge in [0.15, 0.2) is 0 Å². The number of hydrogen-bond donors (Lipinski definition) is 1. The molecule has 0 aliphatic carbocycles. The van der Waals surface area contributed by atoms with Crippen LogP contribution < -0.4 is 14.8 Å². The molecule has 0 aliphatic rings. The lowest BCUT2D eigenvalue weighted by Gasteiger charge is -2.10. The molecule has 4 heteroatoms. The first-order chi connectivity index (χ1) is 9.72. The predicted octanol–water partition coefficient (Wildman–Crippen LogP) is 3.76. The lowest BCUT2D eigenvalue weighted by atomic mass is 10.1. The van der Waals surface area contributed by atoms with E-state index in [9.17, 15) is 0 Å². The molecule has 2 aromatic rings. The Morgan fingerprint density at radius 3 is 2.35 bits per heavy atom. The molecule has 0 amide bonds. The normalized spacial score (nSPS) is 10.3. The Morgan fingerprint density at radius 2 is 1.75 bits per heavy atom. The van der Waals surface area contributed by atoms with Gasteiger partial charge in [0.2, 0.25) is 0 Å². The Kier molecular flexibility index (Phi) is 5.44. The molecule has 0 aliphatic heterocycles. The van der Waals surface area contributed by atoms with Gasteiger partial charge in [-0.25, -0.2) is 0 Å². The highest BCUT2D eigenvalue weighted by Gasteiger charge is 2.03. The van der Waals surface area contributed by atoms with Crippen LogP contribution in [0.3, 0.4) is 0 Å². The van der Waals surface area contributed by atoms with Gasteiger partial charge in [-0.1, -0.05) is 24.3 Å². The van der Waals surface area contributed by atoms with Crippen LogP contribution in [-0.2, 0) is 13.2 Å². The molecule has 106 valence electrons. The van der Waals surface area contributed by atoms with Crippen molar-refractivity contribution in [1.29, 1.82) is 0 Å². The van der Waals surface area contributed by atoms with Crippen LogP contribution >= 0.6 is 15.9 Å². The number of halogens is 1. The molecular weight excluding hydrogens is 318 g/mol. The summed E-state index contributed by atoms with van der Waals surface area (Å²) in [5.74, 6) is 1.62. The molecule has 20 heavy (non-hydrogen) atoms. The van der Waals surface area contributed by atoms with Crippen molar-refractivity contribution in [2.45, 2.75) is 13.2 Å². The van der Waals surface area contributed by atoms with Crippen molar-refractivity contribution < 1.29 is 9.47 Å². The van der Waals surface area contributed by atoms with Crippen LogP contribution in [-0.4, -0.2) is 14.2 Å². The Labute approximate surface area is 128 Å². The summed E-state index contributed by atoms with van der Waals surface area (Å²) < 4.78 is 11.9. The molecule has 0 saturated carbocycles. The van der Waals surface area contributed by atoms with Crippen molar-refractivity contribution in [1.82, 2.24) is 5.32 Å². The average molecular weight is 336 g/mol. The van der Waals surface area contributed by atoms with Gasteiger partial charge in [-0.3, -0.25) is 0 Å². The van der Waals surface area contributed by atoms with E-state index in [0.717, 1.165) is 28.1 Å². The lowest BCUT2D eigenvalue weighted by molar-refractivity contribution is 0.303. The topological polar surface area (TPSA) is 30.5 Å². The van der Waals surface area contributed by atoms with Crippen molar-refractivity contribution in [2.75, 3.05) is 14.2 Å². The van der Waals surface area contributed by atoms with Crippen LogP contribution in [0.15, 0.2) is 46.9 Å². The molecule has 2 rings (SSSR count). The Balaban J connectivity index is 1.97. The summed E-state index contributed by atoms with van der Waals surface area (Å²) in [6.07, 6.45) is 0. The number of methoxy groups -OCH3 is 1. The van der Waals surface area contributed by atoms with E-state index >= 15 is 0 Å². The van der Waals surface area contributed by atoms with Gasteiger partial charge in [0, 0.05) is 6.54 Å². The number of hydrogen-bond acceptors (Lipinski definition) is 3. The summed E-state index contributed by atoms with van der Waals surface area (Å²) in [7, 11) is 3.59. The fourth-order valence-electron chi connectivity index (χ4n) is 1.84. The van der Waals surface area contributed by atoms with Gasteiger partial charge < -0.3 is 14.8 Å². The molecule has 2 aromatic carbocycles. The van der Waals surface area contributed by atoms with Gasteiger partial charge in [-0.2, -0.15) is 0 Å². The third-order valence-corrected chi connectivity index (χ3v) is 3.56. The molecule has 0 aromatic heterocycles. The number of rotatable bonds is 6. The minimum atomic E-state index is 0.546. The second-order valence-electron chi connectivity index (χ2n) is 4.43. The van der Waals surface area contributed by atoms with Crippen LogP contribution in [0, 0.1) is 0 Å². The molecule has 0 bridgehead atoms. The van der Waals surface area contributed by atoms with E-state index in [0.29, 0.717) is 6.61 Å². The van der Waals surface area contributed by atoms with E-state index in [2.05, 4.69) is 45.5 Å². The third kappa shape index (κ3) is 3.99. The van der Waals surface area contributed by atoms with Gasteiger partial charge in [-0.15, -0.1) is 0 Å². The van der Waals surface area contributed by atoms with E-state index in [1.807, 2.05) is 25.2 Å². The van der Waals surface area contributed by atoms with Gasteiger partial charge >= 0.3 is 0 Å². The molecular formula is C16H18BrNO2. The van der Waals surface area contributed by atoms with Crippen molar-refractivity contribution in [3.05, 3.63) is 58.1 Å². The highest BCUT2D eigenvalue weighted by Crippen LogP contribution is 2.29. The van der Waals surface area contributed by atoms with E-state index in [1.165, 1.54) is 5.56 Å². The van der Waals surface area contributed by atoms with Crippen LogP contribution in [0.2, 0.25) is 0 Å². The monoisotopic (exact) mass is 335 g/mol. The maximum atomic E-state index is 5.80. The van der Waals surface area contributed by atoms with E-state index < -0.39 is 0 Å². The Bertz CT molecular complexity index is 555. The Morgan fingerprint density at radius 1 is 1.05 bits per heavy atom. The zero-order chi connectivity index (χ0) is 14.4. The highest BCUT2D eigenvalue weighted by atomic mass is 79.9. The molecule has 0 fully saturated rings. The van der Waals surface area contributed by atoms with Crippen LogP contribution in [0.25, 0.3) is 0 Å². The second-order valence-corrected chi connectivity index (χ2v) is 5.29. The second kappa shape index (κ2) is 7.31. The number of benzene rings is 2. The zero-order valence-electron chi connectivity index (χ0n) is 11.7. The first-order valence-corrected chi connectivity index (χ1v) is 7.21. The SMILES string of the molecule is CNCc1ccc(COc2ccc(OC)cc2Br)cc1. The molecule has 0 unspecified atom stereocenters. The van der Waals surface area contributed by atoms with Crippen molar-refractivity contribution in [3.8, 4) is 11.5 Å². The standard InChI is InChI=1S/C16H18BrNO2/c1-18-10-12-3-5-13(6-4-12)11-20-16-8-7-14(19-2)9-15(16)17/h3-9,18H,10-11H2,1-2H3. The molecule has 3 nitrogen and oxygen atoms in total. The summed E-state index contributed by atoms with van der Waals surface area (Å²) >= 11 is 3.48. The molecule has 0 heterocycles. The zero-order valence-corrected chi connectivity index (χ0v) is 13.2. The largest absolute Gasteiger partial charge is 0.497 e. The van der Waals surface area contributed by atoms with Crippen LogP contribution in [0.5, 0.6) is 11.5 Å². The Hall–Kier alpha value is -1.52. The summed E-state index contributed by atoms with van der Waals surface area (Å²) in [6.45, 7) is 1.43. The quantitative estimate of drug-likeness (QED) is 0.871. The fraction of sp³-hybridized carbons (Fsp3) is 0.250. The maximum Gasteiger partial charge on any atom is 0.134 e. The molecule has 0 atom stereocenters. The maximum absolute atomic E-state index is 5.80. The third-order valence-electron chi connectivity index (χ3n) is 2.94. The van der Waals surface area contributed by atoms with Crippen LogP contribution in [0.4, 0.5) is 0 Å². The number of nitrogens with one attached hydrogen (secondary N) is 1. The molecule has 0 spiro atoms. The lowest BCUT2D eigenvalue weighted by Crippen LogP contribution is -2.05. The smallest absolute Gasteiger partial charge is 0.134 e.